The Morgan fingerprint density at radius 1 is 1.32 bits per heavy atom. The van der Waals surface area contributed by atoms with Crippen molar-refractivity contribution in [2.24, 2.45) is 0 Å². The van der Waals surface area contributed by atoms with Gasteiger partial charge in [-0.25, -0.2) is 22.7 Å². The molecule has 0 saturated carbocycles. The number of sulfonamides is 1. The molecule has 0 bridgehead atoms. The van der Waals surface area contributed by atoms with Gasteiger partial charge in [0.25, 0.3) is 5.91 Å². The smallest absolute Gasteiger partial charge is 0.255 e. The zero-order valence-electron chi connectivity index (χ0n) is 13.8. The van der Waals surface area contributed by atoms with Crippen LogP contribution in [0, 0.1) is 0 Å². The number of rotatable bonds is 3. The van der Waals surface area contributed by atoms with Crippen molar-refractivity contribution < 1.29 is 13.2 Å². The van der Waals surface area contributed by atoms with Gasteiger partial charge in [-0.1, -0.05) is 11.6 Å². The number of hydrogen-bond acceptors (Lipinski definition) is 5. The maximum Gasteiger partial charge on any atom is 0.255 e. The van der Waals surface area contributed by atoms with Crippen LogP contribution >= 0.6 is 11.6 Å². The molecule has 0 N–H and O–H groups in total. The van der Waals surface area contributed by atoms with Crippen LogP contribution in [0.2, 0.25) is 5.02 Å². The predicted molar refractivity (Wildman–Crippen MR) is 92.8 cm³/mol. The van der Waals surface area contributed by atoms with Gasteiger partial charge >= 0.3 is 0 Å². The minimum Gasteiger partial charge on any atom is -0.332 e. The number of fused-ring (bicyclic) bond motifs is 1. The van der Waals surface area contributed by atoms with Crippen molar-refractivity contribution in [1.82, 2.24) is 19.2 Å². The van der Waals surface area contributed by atoms with Crippen molar-refractivity contribution >= 4 is 27.5 Å². The molecule has 0 spiro atoms. The van der Waals surface area contributed by atoms with Crippen LogP contribution in [-0.2, 0) is 23.0 Å². The Kier molecular flexibility index (Phi) is 4.77. The standard InChI is InChI=1S/C16H17ClN4O3S/c1-20(2)25(23,24)12-3-4-14(17)13(7-12)16(22)21-6-5-11-8-18-10-19-15(11)9-21/h3-4,7-8,10H,5-6,9H2,1-2H3. The maximum absolute atomic E-state index is 12.9. The summed E-state index contributed by atoms with van der Waals surface area (Å²) in [5.41, 5.74) is 1.98. The van der Waals surface area contributed by atoms with Gasteiger partial charge in [0.1, 0.15) is 6.33 Å². The Morgan fingerprint density at radius 3 is 2.80 bits per heavy atom. The third-order valence-corrected chi connectivity index (χ3v) is 6.25. The first-order valence-corrected chi connectivity index (χ1v) is 9.41. The van der Waals surface area contributed by atoms with Crippen molar-refractivity contribution in [3.8, 4) is 0 Å². The van der Waals surface area contributed by atoms with Gasteiger partial charge in [-0.3, -0.25) is 4.79 Å². The molecule has 0 radical (unpaired) electrons. The molecule has 3 rings (SSSR count). The van der Waals surface area contributed by atoms with Gasteiger partial charge in [-0.15, -0.1) is 0 Å². The minimum absolute atomic E-state index is 0.0324. The molecule has 2 aromatic rings. The summed E-state index contributed by atoms with van der Waals surface area (Å²) in [5, 5.41) is 0.219. The summed E-state index contributed by atoms with van der Waals surface area (Å²) in [6, 6.07) is 4.16. The van der Waals surface area contributed by atoms with E-state index in [1.54, 1.807) is 11.1 Å². The number of amides is 1. The second-order valence-electron chi connectivity index (χ2n) is 5.90. The molecule has 1 aromatic heterocycles. The average molecular weight is 381 g/mol. The second kappa shape index (κ2) is 6.70. The molecule has 0 saturated heterocycles. The minimum atomic E-state index is -3.65. The molecule has 0 aliphatic carbocycles. The van der Waals surface area contributed by atoms with Crippen molar-refractivity contribution in [3.63, 3.8) is 0 Å². The van der Waals surface area contributed by atoms with Gasteiger partial charge in [0.15, 0.2) is 0 Å². The molecule has 1 aromatic carbocycles. The van der Waals surface area contributed by atoms with Crippen LogP contribution in [0.4, 0.5) is 0 Å². The third-order valence-electron chi connectivity index (χ3n) is 4.11. The third kappa shape index (κ3) is 3.37. The first-order chi connectivity index (χ1) is 11.8. The van der Waals surface area contributed by atoms with E-state index in [4.69, 9.17) is 11.6 Å². The molecule has 25 heavy (non-hydrogen) atoms. The topological polar surface area (TPSA) is 83.5 Å². The molecule has 132 valence electrons. The van der Waals surface area contributed by atoms with E-state index in [0.29, 0.717) is 19.5 Å². The van der Waals surface area contributed by atoms with Crippen molar-refractivity contribution in [3.05, 3.63) is 52.6 Å². The summed E-state index contributed by atoms with van der Waals surface area (Å²) in [6.45, 7) is 0.845. The van der Waals surface area contributed by atoms with Crippen LogP contribution in [-0.4, -0.2) is 54.1 Å². The highest BCUT2D eigenvalue weighted by atomic mass is 35.5. The normalized spacial score (nSPS) is 14.5. The molecule has 1 aliphatic rings. The summed E-state index contributed by atoms with van der Waals surface area (Å²) < 4.78 is 25.7. The maximum atomic E-state index is 12.9. The Bertz CT molecular complexity index is 931. The summed E-state index contributed by atoms with van der Waals surface area (Å²) in [7, 11) is -0.771. The second-order valence-corrected chi connectivity index (χ2v) is 8.46. The van der Waals surface area contributed by atoms with E-state index in [2.05, 4.69) is 9.97 Å². The Morgan fingerprint density at radius 2 is 2.08 bits per heavy atom. The Hall–Kier alpha value is -2.03. The molecule has 9 heteroatoms. The lowest BCUT2D eigenvalue weighted by molar-refractivity contribution is 0.0731. The Balaban J connectivity index is 1.93. The number of benzene rings is 1. The van der Waals surface area contributed by atoms with E-state index in [1.807, 2.05) is 0 Å². The molecule has 2 heterocycles. The largest absolute Gasteiger partial charge is 0.332 e. The van der Waals surface area contributed by atoms with Gasteiger partial charge in [-0.05, 0) is 30.2 Å². The number of hydrogen-bond donors (Lipinski definition) is 0. The van der Waals surface area contributed by atoms with Crippen LogP contribution in [0.3, 0.4) is 0 Å². The molecule has 0 atom stereocenters. The fourth-order valence-electron chi connectivity index (χ4n) is 2.63. The molecule has 7 nitrogen and oxygen atoms in total. The van der Waals surface area contributed by atoms with Gasteiger partial charge in [0, 0.05) is 26.8 Å². The lowest BCUT2D eigenvalue weighted by Crippen LogP contribution is -2.36. The average Bonchev–Trinajstić information content (AvgIpc) is 2.60. The van der Waals surface area contributed by atoms with E-state index in [0.717, 1.165) is 15.6 Å². The van der Waals surface area contributed by atoms with Crippen molar-refractivity contribution in [2.45, 2.75) is 17.9 Å². The number of carbonyl (C=O) groups is 1. The first kappa shape index (κ1) is 17.8. The predicted octanol–water partition coefficient (Wildman–Crippen LogP) is 1.58. The van der Waals surface area contributed by atoms with Crippen LogP contribution in [0.1, 0.15) is 21.6 Å². The molecular formula is C16H17ClN4O3S. The van der Waals surface area contributed by atoms with Gasteiger partial charge in [-0.2, -0.15) is 0 Å². The zero-order chi connectivity index (χ0) is 18.2. The number of nitrogens with zero attached hydrogens (tertiary/aromatic N) is 4. The van der Waals surface area contributed by atoms with Crippen molar-refractivity contribution in [1.29, 1.82) is 0 Å². The van der Waals surface area contributed by atoms with Crippen LogP contribution in [0.5, 0.6) is 0 Å². The number of aromatic nitrogens is 2. The van der Waals surface area contributed by atoms with E-state index in [1.165, 1.54) is 38.6 Å². The summed E-state index contributed by atoms with van der Waals surface area (Å²) in [5.74, 6) is -0.315. The lowest BCUT2D eigenvalue weighted by Gasteiger charge is -2.28. The number of carbonyl (C=O) groups excluding carboxylic acids is 1. The van der Waals surface area contributed by atoms with E-state index in [-0.39, 0.29) is 21.4 Å². The van der Waals surface area contributed by atoms with Crippen LogP contribution in [0.25, 0.3) is 0 Å². The van der Waals surface area contributed by atoms with Gasteiger partial charge < -0.3 is 4.90 Å². The molecule has 0 unspecified atom stereocenters. The SMILES string of the molecule is CN(C)S(=O)(=O)c1ccc(Cl)c(C(=O)N2CCc3cncnc3C2)c1. The van der Waals surface area contributed by atoms with Crippen molar-refractivity contribution in [2.75, 3.05) is 20.6 Å². The van der Waals surface area contributed by atoms with E-state index < -0.39 is 10.0 Å². The highest BCUT2D eigenvalue weighted by molar-refractivity contribution is 7.89. The fraction of sp³-hybridized carbons (Fsp3) is 0.312. The molecular weight excluding hydrogens is 364 g/mol. The summed E-state index contributed by atoms with van der Waals surface area (Å²) in [6.07, 6.45) is 3.85. The van der Waals surface area contributed by atoms with Gasteiger partial charge in [0.2, 0.25) is 10.0 Å². The summed E-state index contributed by atoms with van der Waals surface area (Å²) >= 11 is 6.16. The van der Waals surface area contributed by atoms with Gasteiger partial charge in [0.05, 0.1) is 27.7 Å². The molecule has 1 amide bonds. The highest BCUT2D eigenvalue weighted by Crippen LogP contribution is 2.25. The number of halogens is 1. The van der Waals surface area contributed by atoms with E-state index in [9.17, 15) is 13.2 Å². The monoisotopic (exact) mass is 380 g/mol. The molecule has 1 aliphatic heterocycles. The van der Waals surface area contributed by atoms with Crippen LogP contribution in [0.15, 0.2) is 35.6 Å². The quantitative estimate of drug-likeness (QED) is 0.807. The van der Waals surface area contributed by atoms with E-state index >= 15 is 0 Å². The highest BCUT2D eigenvalue weighted by Gasteiger charge is 2.26. The zero-order valence-corrected chi connectivity index (χ0v) is 15.4. The van der Waals surface area contributed by atoms with Crippen LogP contribution < -0.4 is 0 Å². The fourth-order valence-corrected chi connectivity index (χ4v) is 3.76. The first-order valence-electron chi connectivity index (χ1n) is 7.60. The lowest BCUT2D eigenvalue weighted by atomic mass is 10.1. The summed E-state index contributed by atoms with van der Waals surface area (Å²) in [4.78, 5) is 22.7. The Labute approximate surface area is 151 Å². The molecule has 0 fully saturated rings.